The number of methoxy groups -OCH3 is 1. The fourth-order valence-corrected chi connectivity index (χ4v) is 6.96. The molecule has 8 heteroatoms. The summed E-state index contributed by atoms with van der Waals surface area (Å²) in [6, 6.07) is 18.0. The molecule has 1 aliphatic heterocycles. The lowest BCUT2D eigenvalue weighted by molar-refractivity contribution is 0.0497. The minimum absolute atomic E-state index is 0.0894. The van der Waals surface area contributed by atoms with E-state index >= 15 is 4.39 Å². The van der Waals surface area contributed by atoms with Crippen LogP contribution in [0.25, 0.3) is 22.0 Å². The van der Waals surface area contributed by atoms with Gasteiger partial charge in [-0.25, -0.2) is 9.18 Å². The van der Waals surface area contributed by atoms with Crippen LogP contribution in [-0.4, -0.2) is 65.5 Å². The van der Waals surface area contributed by atoms with Gasteiger partial charge in [-0.2, -0.15) is 0 Å². The third-order valence-electron chi connectivity index (χ3n) is 9.15. The van der Waals surface area contributed by atoms with Gasteiger partial charge in [0.1, 0.15) is 11.4 Å². The van der Waals surface area contributed by atoms with Crippen LogP contribution in [0.1, 0.15) is 74.9 Å². The molecular formula is C39H51FN4O3. The Hall–Kier alpha value is -3.75. The largest absolute Gasteiger partial charge is 0.444 e. The number of nitrogens with zero attached hydrogens (tertiary/aromatic N) is 3. The molecule has 0 saturated carbocycles. The predicted molar refractivity (Wildman–Crippen MR) is 187 cm³/mol. The van der Waals surface area contributed by atoms with Crippen molar-refractivity contribution in [2.24, 2.45) is 0 Å². The zero-order valence-electron chi connectivity index (χ0n) is 28.9. The number of pyridine rings is 1. The SMILES string of the molecule is COCCCn1c(C2CCCN(CCC(Cc3ccc(-c4ccc(C)nc4)cc3)NC(=O)OC(C)(C)C)C2)c(C)c2cccc(F)c21. The van der Waals surface area contributed by atoms with Crippen LogP contribution in [-0.2, 0) is 22.4 Å². The van der Waals surface area contributed by atoms with E-state index in [1.165, 1.54) is 11.3 Å². The summed E-state index contributed by atoms with van der Waals surface area (Å²) in [5, 5.41) is 4.17. The zero-order valence-corrected chi connectivity index (χ0v) is 28.9. The number of carbonyl (C=O) groups excluding carboxylic acids is 1. The second-order valence-corrected chi connectivity index (χ2v) is 14.0. The van der Waals surface area contributed by atoms with Gasteiger partial charge in [-0.05, 0) is 102 Å². The van der Waals surface area contributed by atoms with Gasteiger partial charge in [0.15, 0.2) is 0 Å². The molecule has 1 amide bonds. The summed E-state index contributed by atoms with van der Waals surface area (Å²) in [6.07, 6.45) is 5.99. The van der Waals surface area contributed by atoms with Gasteiger partial charge in [0, 0.05) is 73.8 Å². The monoisotopic (exact) mass is 642 g/mol. The Bertz CT molecular complexity index is 1630. The van der Waals surface area contributed by atoms with Crippen molar-refractivity contribution in [1.29, 1.82) is 0 Å². The Balaban J connectivity index is 1.30. The van der Waals surface area contributed by atoms with Crippen LogP contribution >= 0.6 is 0 Å². The smallest absolute Gasteiger partial charge is 0.407 e. The highest BCUT2D eigenvalue weighted by Gasteiger charge is 2.29. The average Bonchev–Trinajstić information content (AvgIpc) is 3.32. The fourth-order valence-electron chi connectivity index (χ4n) is 6.96. The molecular weight excluding hydrogens is 591 g/mol. The number of hydrogen-bond donors (Lipinski definition) is 1. The van der Waals surface area contributed by atoms with Gasteiger partial charge in [-0.3, -0.25) is 4.98 Å². The zero-order chi connectivity index (χ0) is 33.6. The molecule has 2 aromatic heterocycles. The predicted octanol–water partition coefficient (Wildman–Crippen LogP) is 8.20. The number of hydrogen-bond acceptors (Lipinski definition) is 5. The van der Waals surface area contributed by atoms with Gasteiger partial charge in [-0.15, -0.1) is 0 Å². The first-order valence-corrected chi connectivity index (χ1v) is 17.0. The van der Waals surface area contributed by atoms with Crippen molar-refractivity contribution in [3.63, 3.8) is 0 Å². The number of piperidine rings is 1. The number of amides is 1. The summed E-state index contributed by atoms with van der Waals surface area (Å²) in [5.41, 5.74) is 6.92. The maximum Gasteiger partial charge on any atom is 0.407 e. The molecule has 1 fully saturated rings. The number of carbonyl (C=O) groups is 1. The van der Waals surface area contributed by atoms with E-state index in [9.17, 15) is 4.79 Å². The first-order valence-electron chi connectivity index (χ1n) is 17.0. The normalized spacial score (nSPS) is 16.4. The van der Waals surface area contributed by atoms with Crippen LogP contribution in [0.4, 0.5) is 9.18 Å². The maximum absolute atomic E-state index is 15.2. The minimum Gasteiger partial charge on any atom is -0.444 e. The molecule has 4 aromatic rings. The van der Waals surface area contributed by atoms with Crippen LogP contribution in [0, 0.1) is 19.7 Å². The number of rotatable bonds is 12. The Kier molecular flexibility index (Phi) is 11.4. The van der Waals surface area contributed by atoms with E-state index in [-0.39, 0.29) is 18.0 Å². The van der Waals surface area contributed by atoms with Gasteiger partial charge in [0.2, 0.25) is 0 Å². The van der Waals surface area contributed by atoms with Crippen molar-refractivity contribution in [2.45, 2.75) is 90.8 Å². The lowest BCUT2D eigenvalue weighted by atomic mass is 9.91. The molecule has 47 heavy (non-hydrogen) atoms. The Labute approximate surface area is 279 Å². The Morgan fingerprint density at radius 1 is 1.06 bits per heavy atom. The Morgan fingerprint density at radius 2 is 1.83 bits per heavy atom. The van der Waals surface area contributed by atoms with E-state index in [0.717, 1.165) is 79.6 Å². The molecule has 2 atom stereocenters. The number of nitrogens with one attached hydrogen (secondary N) is 1. The molecule has 5 rings (SSSR count). The minimum atomic E-state index is -0.572. The first kappa shape index (κ1) is 34.6. The molecule has 1 aliphatic rings. The molecule has 2 aromatic carbocycles. The number of halogens is 1. The molecule has 1 N–H and O–H groups in total. The molecule has 7 nitrogen and oxygen atoms in total. The number of benzene rings is 2. The third-order valence-corrected chi connectivity index (χ3v) is 9.15. The van der Waals surface area contributed by atoms with Gasteiger partial charge in [0.25, 0.3) is 0 Å². The molecule has 0 bridgehead atoms. The number of fused-ring (bicyclic) bond motifs is 1. The van der Waals surface area contributed by atoms with Crippen molar-refractivity contribution in [1.82, 2.24) is 19.8 Å². The highest BCUT2D eigenvalue weighted by Crippen LogP contribution is 2.36. The quantitative estimate of drug-likeness (QED) is 0.158. The highest BCUT2D eigenvalue weighted by atomic mass is 19.1. The second-order valence-electron chi connectivity index (χ2n) is 14.0. The molecule has 3 heterocycles. The maximum atomic E-state index is 15.2. The molecule has 252 valence electrons. The summed E-state index contributed by atoms with van der Waals surface area (Å²) in [7, 11) is 1.71. The number of aromatic nitrogens is 2. The van der Waals surface area contributed by atoms with Gasteiger partial charge in [0.05, 0.1) is 5.52 Å². The van der Waals surface area contributed by atoms with Crippen LogP contribution in [0.2, 0.25) is 0 Å². The van der Waals surface area contributed by atoms with E-state index in [2.05, 4.69) is 57.0 Å². The summed E-state index contributed by atoms with van der Waals surface area (Å²) in [4.78, 5) is 19.9. The number of likely N-dealkylation sites (tertiary alicyclic amines) is 1. The van der Waals surface area contributed by atoms with Crippen LogP contribution < -0.4 is 5.32 Å². The van der Waals surface area contributed by atoms with Crippen LogP contribution in [0.15, 0.2) is 60.8 Å². The molecule has 1 saturated heterocycles. The summed E-state index contributed by atoms with van der Waals surface area (Å²) >= 11 is 0. The number of alkyl carbamates (subject to hydrolysis) is 1. The van der Waals surface area contributed by atoms with Crippen molar-refractivity contribution >= 4 is 17.0 Å². The average molecular weight is 643 g/mol. The van der Waals surface area contributed by atoms with Crippen LogP contribution in [0.3, 0.4) is 0 Å². The van der Waals surface area contributed by atoms with Crippen molar-refractivity contribution in [3.8, 4) is 11.1 Å². The van der Waals surface area contributed by atoms with Crippen LogP contribution in [0.5, 0.6) is 0 Å². The molecule has 2 unspecified atom stereocenters. The van der Waals surface area contributed by atoms with E-state index in [1.54, 1.807) is 13.2 Å². The molecule has 0 aliphatic carbocycles. The van der Waals surface area contributed by atoms with E-state index in [1.807, 2.05) is 52.1 Å². The lowest BCUT2D eigenvalue weighted by Crippen LogP contribution is -2.43. The van der Waals surface area contributed by atoms with Crippen molar-refractivity contribution in [3.05, 3.63) is 89.1 Å². The third kappa shape index (κ3) is 8.99. The summed E-state index contributed by atoms with van der Waals surface area (Å²) in [6.45, 7) is 13.9. The number of ether oxygens (including phenoxy) is 2. The molecule has 0 spiro atoms. The molecule has 0 radical (unpaired) electrons. The second kappa shape index (κ2) is 15.4. The van der Waals surface area contributed by atoms with Gasteiger partial charge < -0.3 is 24.3 Å². The van der Waals surface area contributed by atoms with E-state index in [4.69, 9.17) is 9.47 Å². The van der Waals surface area contributed by atoms with Gasteiger partial charge in [-0.1, -0.05) is 42.5 Å². The number of aryl methyl sites for hydroxylation is 3. The summed E-state index contributed by atoms with van der Waals surface area (Å²) < 4.78 is 28.4. The van der Waals surface area contributed by atoms with Crippen molar-refractivity contribution in [2.75, 3.05) is 33.4 Å². The highest BCUT2D eigenvalue weighted by molar-refractivity contribution is 5.86. The van der Waals surface area contributed by atoms with Crippen molar-refractivity contribution < 1.29 is 18.7 Å². The first-order chi connectivity index (χ1) is 22.5. The Morgan fingerprint density at radius 3 is 2.53 bits per heavy atom. The topological polar surface area (TPSA) is 68.6 Å². The van der Waals surface area contributed by atoms with E-state index in [0.29, 0.717) is 24.5 Å². The van der Waals surface area contributed by atoms with Gasteiger partial charge >= 0.3 is 6.09 Å². The fraction of sp³-hybridized carbons (Fsp3) is 0.487. The number of para-hydroxylation sites is 1. The lowest BCUT2D eigenvalue weighted by Gasteiger charge is -2.35. The van der Waals surface area contributed by atoms with E-state index < -0.39 is 5.60 Å². The standard InChI is InChI=1S/C39H51FN4O3/c1-27-13-16-31(25-41-27)30-17-14-29(15-18-30)24-33(42-38(45)47-39(3,4)5)19-22-43-20-8-10-32(26-43)36-28(2)34-11-7-12-35(40)37(34)44(36)21-9-23-46-6/h7,11-18,25,32-33H,8-10,19-24,26H2,1-6H3,(H,42,45). The summed E-state index contributed by atoms with van der Waals surface area (Å²) in [5.74, 6) is 0.140.